The van der Waals surface area contributed by atoms with Crippen LogP contribution in [0.2, 0.25) is 0 Å². The van der Waals surface area contributed by atoms with Gasteiger partial charge in [0.2, 0.25) is 0 Å². The molecule has 0 atom stereocenters. The lowest BCUT2D eigenvalue weighted by molar-refractivity contribution is -0.398. The van der Waals surface area contributed by atoms with Gasteiger partial charge in [-0.2, -0.15) is 0 Å². The van der Waals surface area contributed by atoms with Gasteiger partial charge in [-0.1, -0.05) is 40.7 Å². The van der Waals surface area contributed by atoms with Crippen molar-refractivity contribution in [3.8, 4) is 22.8 Å². The first-order valence-corrected chi connectivity index (χ1v) is 9.46. The molecule has 0 bridgehead atoms. The predicted octanol–water partition coefficient (Wildman–Crippen LogP) is 2.41. The van der Waals surface area contributed by atoms with Crippen LogP contribution in [0, 0.1) is 10.1 Å². The van der Waals surface area contributed by atoms with Crippen molar-refractivity contribution in [3.05, 3.63) is 95.9 Å². The number of nitro benzene ring substituents is 1. The van der Waals surface area contributed by atoms with Crippen LogP contribution in [0.5, 0.6) is 5.75 Å². The monoisotopic (exact) mass is 466 g/mol. The zero-order valence-electron chi connectivity index (χ0n) is 15.3. The fourth-order valence-electron chi connectivity index (χ4n) is 2.98. The van der Waals surface area contributed by atoms with Crippen LogP contribution in [-0.4, -0.2) is 14.7 Å². The van der Waals surface area contributed by atoms with E-state index in [4.69, 9.17) is 4.42 Å². The first kappa shape index (κ1) is 19.5. The lowest BCUT2D eigenvalue weighted by Gasteiger charge is -2.06. The largest absolute Gasteiger partial charge is 0.868 e. The minimum absolute atomic E-state index is 0.303. The normalized spacial score (nSPS) is 11.7. The fraction of sp³-hybridized carbons (Fsp3) is 0. The smallest absolute Gasteiger partial charge is 0.279 e. The van der Waals surface area contributed by atoms with Crippen molar-refractivity contribution in [2.75, 3.05) is 0 Å². The van der Waals surface area contributed by atoms with Crippen molar-refractivity contribution in [1.82, 2.24) is 9.78 Å². The molecule has 2 aromatic carbocycles. The molecule has 0 unspecified atom stereocenters. The maximum absolute atomic E-state index is 12.8. The first-order chi connectivity index (χ1) is 14.3. The van der Waals surface area contributed by atoms with E-state index in [-0.39, 0.29) is 5.56 Å². The third-order valence-corrected chi connectivity index (χ3v) is 4.92. The van der Waals surface area contributed by atoms with E-state index in [1.54, 1.807) is 24.3 Å². The third kappa shape index (κ3) is 3.58. The summed E-state index contributed by atoms with van der Waals surface area (Å²) in [6.07, 6.45) is 1.54. The summed E-state index contributed by atoms with van der Waals surface area (Å²) in [5.41, 5.74) is 0.194. The van der Waals surface area contributed by atoms with E-state index >= 15 is 0 Å². The van der Waals surface area contributed by atoms with Crippen LogP contribution in [0.3, 0.4) is 0 Å². The van der Waals surface area contributed by atoms with E-state index in [1.165, 1.54) is 16.8 Å². The Labute approximate surface area is 177 Å². The molecular formula is C21H13BrN3O5-. The molecule has 0 radical (unpaired) electrons. The number of nitrogens with one attached hydrogen (secondary N) is 1. The minimum Gasteiger partial charge on any atom is -0.868 e. The summed E-state index contributed by atoms with van der Waals surface area (Å²) in [6, 6.07) is 14.2. The van der Waals surface area contributed by atoms with Crippen LogP contribution in [0.25, 0.3) is 29.7 Å². The number of halogens is 1. The van der Waals surface area contributed by atoms with Crippen molar-refractivity contribution in [2.45, 2.75) is 0 Å². The summed E-state index contributed by atoms with van der Waals surface area (Å²) in [7, 11) is 0. The number of nitrogens with zero attached hydrogens (tertiary/aromatic N) is 2. The van der Waals surface area contributed by atoms with Gasteiger partial charge in [-0.3, -0.25) is 20.0 Å². The molecule has 0 aliphatic carbocycles. The summed E-state index contributed by atoms with van der Waals surface area (Å²) >= 11 is 3.38. The summed E-state index contributed by atoms with van der Waals surface area (Å²) in [5, 5.41) is 26.2. The number of rotatable bonds is 4. The van der Waals surface area contributed by atoms with Crippen LogP contribution in [-0.2, 0) is 0 Å². The van der Waals surface area contributed by atoms with Crippen molar-refractivity contribution < 1.29 is 14.4 Å². The molecule has 8 nitrogen and oxygen atoms in total. The highest BCUT2D eigenvalue weighted by molar-refractivity contribution is 9.10. The van der Waals surface area contributed by atoms with Gasteiger partial charge >= 0.3 is 0 Å². The zero-order chi connectivity index (χ0) is 21.4. The van der Waals surface area contributed by atoms with Crippen LogP contribution in [0.4, 0.5) is 5.69 Å². The summed E-state index contributed by atoms with van der Waals surface area (Å²) < 4.78 is 7.91. The molecule has 9 heteroatoms. The summed E-state index contributed by atoms with van der Waals surface area (Å²) in [6.45, 7) is 3.88. The van der Waals surface area contributed by atoms with E-state index in [9.17, 15) is 20.0 Å². The predicted molar refractivity (Wildman–Crippen MR) is 113 cm³/mol. The second-order valence-corrected chi connectivity index (χ2v) is 7.33. The molecule has 2 aromatic heterocycles. The quantitative estimate of drug-likeness (QED) is 0.366. The maximum Gasteiger partial charge on any atom is 0.279 e. The van der Waals surface area contributed by atoms with Crippen molar-refractivity contribution in [1.29, 1.82) is 0 Å². The van der Waals surface area contributed by atoms with E-state index < -0.39 is 16.4 Å². The molecule has 0 fully saturated rings. The van der Waals surface area contributed by atoms with Crippen molar-refractivity contribution in [2.24, 2.45) is 0 Å². The highest BCUT2D eigenvalue weighted by Crippen LogP contribution is 2.30. The topological polar surface area (TPSA) is 117 Å². The van der Waals surface area contributed by atoms with Gasteiger partial charge in [0.15, 0.2) is 0 Å². The van der Waals surface area contributed by atoms with Gasteiger partial charge in [0.1, 0.15) is 11.5 Å². The van der Waals surface area contributed by atoms with Crippen LogP contribution in [0.15, 0.2) is 68.3 Å². The van der Waals surface area contributed by atoms with Gasteiger partial charge in [0.25, 0.3) is 11.2 Å². The third-order valence-electron chi connectivity index (χ3n) is 4.43. The molecular weight excluding hydrogens is 454 g/mol. The van der Waals surface area contributed by atoms with Crippen molar-refractivity contribution in [3.63, 3.8) is 0 Å². The van der Waals surface area contributed by atoms with Gasteiger partial charge in [0.05, 0.1) is 21.2 Å². The average Bonchev–Trinajstić information content (AvgIpc) is 3.28. The molecule has 1 N–H and O–H groups in total. The molecule has 0 spiro atoms. The molecule has 2 heterocycles. The Morgan fingerprint density at radius 1 is 1.17 bits per heavy atom. The highest BCUT2D eigenvalue weighted by atomic mass is 79.9. The molecule has 0 aliphatic heterocycles. The Bertz CT molecular complexity index is 1450. The van der Waals surface area contributed by atoms with E-state index in [2.05, 4.69) is 27.6 Å². The minimum atomic E-state index is -0.735. The Hall–Kier alpha value is -3.85. The van der Waals surface area contributed by atoms with Gasteiger partial charge in [-0.25, -0.2) is 4.68 Å². The number of benzene rings is 2. The second kappa shape index (κ2) is 7.53. The van der Waals surface area contributed by atoms with Gasteiger partial charge < -0.3 is 9.52 Å². The van der Waals surface area contributed by atoms with E-state index in [0.717, 1.165) is 16.6 Å². The number of aromatic nitrogens is 2. The number of nitro groups is 1. The van der Waals surface area contributed by atoms with Gasteiger partial charge in [0, 0.05) is 16.1 Å². The van der Waals surface area contributed by atoms with Crippen LogP contribution < -0.4 is 21.2 Å². The number of furan rings is 1. The lowest BCUT2D eigenvalue weighted by Crippen LogP contribution is -2.33. The molecule has 30 heavy (non-hydrogen) atoms. The van der Waals surface area contributed by atoms with Gasteiger partial charge in [-0.15, -0.1) is 0 Å². The molecule has 0 saturated heterocycles. The number of H-pyrrole nitrogens is 1. The summed E-state index contributed by atoms with van der Waals surface area (Å²) in [4.78, 5) is 23.1. The Kier molecular flexibility index (Phi) is 4.88. The second-order valence-electron chi connectivity index (χ2n) is 6.41. The maximum atomic E-state index is 12.8. The Morgan fingerprint density at radius 2 is 1.97 bits per heavy atom. The fourth-order valence-corrected chi connectivity index (χ4v) is 3.37. The van der Waals surface area contributed by atoms with Crippen LogP contribution in [0.1, 0.15) is 5.76 Å². The molecule has 0 saturated carbocycles. The number of hydrogen-bond acceptors (Lipinski definition) is 5. The van der Waals surface area contributed by atoms with E-state index in [1.807, 2.05) is 12.1 Å². The van der Waals surface area contributed by atoms with Crippen LogP contribution >= 0.6 is 15.9 Å². The first-order valence-electron chi connectivity index (χ1n) is 8.67. The highest BCUT2D eigenvalue weighted by Gasteiger charge is 2.12. The zero-order valence-corrected chi connectivity index (χ0v) is 16.9. The van der Waals surface area contributed by atoms with Gasteiger partial charge in [-0.05, 0) is 42.2 Å². The van der Waals surface area contributed by atoms with E-state index in [0.29, 0.717) is 33.3 Å². The molecule has 4 rings (SSSR count). The molecule has 4 aromatic rings. The standard InChI is InChI=1S/C21H14BrN3O5/c1-12-17(21(27)24(23-12)15-4-2-3-14(22)10-15)11-16-6-8-20(30-16)13-5-7-19(26)18(9-13)25(28)29/h2-11,23,26H,1H2/p-1/b17-11-. The Morgan fingerprint density at radius 3 is 2.70 bits per heavy atom. The van der Waals surface area contributed by atoms with Crippen molar-refractivity contribution >= 4 is 34.3 Å². The number of hydrogen-bond donors (Lipinski definition) is 1. The SMILES string of the molecule is C=c1[nH]n(-c2cccc(Br)c2)c(=O)/c1=C\c1ccc(-c2ccc([O-])c([N+](=O)[O-])c2)o1. The molecule has 0 amide bonds. The molecule has 150 valence electrons. The number of aromatic amines is 1. The average molecular weight is 467 g/mol. The lowest BCUT2D eigenvalue weighted by atomic mass is 10.1. The molecule has 0 aliphatic rings. The summed E-state index contributed by atoms with van der Waals surface area (Å²) in [5.74, 6) is 0.0169. The Balaban J connectivity index is 1.76.